The number of aliphatic hydroxyl groups is 1. The Bertz CT molecular complexity index is 425. The Morgan fingerprint density at radius 2 is 2.11 bits per heavy atom. The second kappa shape index (κ2) is 4.93. The SMILES string of the molecule is CCc1cccc(C)c1N1CCC(C)(C)C(O)C1. The molecule has 100 valence electrons. The summed E-state index contributed by atoms with van der Waals surface area (Å²) in [6.07, 6.45) is 1.86. The summed E-state index contributed by atoms with van der Waals surface area (Å²) in [5, 5.41) is 10.3. The first kappa shape index (κ1) is 13.4. The van der Waals surface area contributed by atoms with E-state index in [1.807, 2.05) is 0 Å². The van der Waals surface area contributed by atoms with Crippen molar-refractivity contribution >= 4 is 5.69 Å². The number of β-amino-alcohol motifs (C(OH)–C–C–N with tert-alkyl or cyclic N) is 1. The zero-order valence-corrected chi connectivity index (χ0v) is 12.0. The minimum Gasteiger partial charge on any atom is -0.391 e. The predicted octanol–water partition coefficient (Wildman–Crippen LogP) is 3.15. The van der Waals surface area contributed by atoms with Crippen LogP contribution < -0.4 is 4.90 Å². The molecule has 0 radical (unpaired) electrons. The fourth-order valence-electron chi connectivity index (χ4n) is 2.80. The minimum atomic E-state index is -0.240. The summed E-state index contributed by atoms with van der Waals surface area (Å²) in [6.45, 7) is 10.5. The number of rotatable bonds is 2. The molecule has 1 unspecified atom stereocenters. The lowest BCUT2D eigenvalue weighted by molar-refractivity contribution is 0.0350. The highest BCUT2D eigenvalue weighted by molar-refractivity contribution is 5.59. The molecule has 1 fully saturated rings. The van der Waals surface area contributed by atoms with Gasteiger partial charge in [-0.2, -0.15) is 0 Å². The molecule has 0 saturated carbocycles. The fraction of sp³-hybridized carbons (Fsp3) is 0.625. The molecule has 1 aliphatic rings. The van der Waals surface area contributed by atoms with Crippen molar-refractivity contribution in [1.82, 2.24) is 0 Å². The first-order valence-electron chi connectivity index (χ1n) is 6.97. The quantitative estimate of drug-likeness (QED) is 0.868. The van der Waals surface area contributed by atoms with Gasteiger partial charge < -0.3 is 10.0 Å². The van der Waals surface area contributed by atoms with Crippen molar-refractivity contribution in [3.8, 4) is 0 Å². The largest absolute Gasteiger partial charge is 0.391 e. The van der Waals surface area contributed by atoms with E-state index in [0.717, 1.165) is 25.9 Å². The molecule has 0 amide bonds. The molecule has 0 aliphatic carbocycles. The fourth-order valence-corrected chi connectivity index (χ4v) is 2.80. The van der Waals surface area contributed by atoms with Gasteiger partial charge in [0.05, 0.1) is 6.10 Å². The van der Waals surface area contributed by atoms with Crippen molar-refractivity contribution in [3.05, 3.63) is 29.3 Å². The van der Waals surface area contributed by atoms with Crippen LogP contribution in [0, 0.1) is 12.3 Å². The van der Waals surface area contributed by atoms with E-state index >= 15 is 0 Å². The number of hydrogen-bond donors (Lipinski definition) is 1. The Kier molecular flexibility index (Phi) is 3.67. The molecule has 0 bridgehead atoms. The molecule has 1 aliphatic heterocycles. The summed E-state index contributed by atoms with van der Waals surface area (Å²) in [6, 6.07) is 6.50. The third-order valence-corrected chi connectivity index (χ3v) is 4.34. The summed E-state index contributed by atoms with van der Waals surface area (Å²) in [5.74, 6) is 0. The minimum absolute atomic E-state index is 0.0472. The van der Waals surface area contributed by atoms with Crippen LogP contribution in [0.15, 0.2) is 18.2 Å². The van der Waals surface area contributed by atoms with Crippen molar-refractivity contribution < 1.29 is 5.11 Å². The molecule has 18 heavy (non-hydrogen) atoms. The smallest absolute Gasteiger partial charge is 0.0766 e. The van der Waals surface area contributed by atoms with E-state index in [1.54, 1.807) is 0 Å². The average molecular weight is 247 g/mol. The summed E-state index contributed by atoms with van der Waals surface area (Å²) in [5.41, 5.74) is 4.10. The molecule has 1 heterocycles. The van der Waals surface area contributed by atoms with Gasteiger partial charge in [0, 0.05) is 18.8 Å². The van der Waals surface area contributed by atoms with Crippen LogP contribution in [0.1, 0.15) is 38.3 Å². The van der Waals surface area contributed by atoms with E-state index in [2.05, 4.69) is 50.8 Å². The lowest BCUT2D eigenvalue weighted by Gasteiger charge is -2.43. The number of nitrogens with zero attached hydrogens (tertiary/aromatic N) is 1. The van der Waals surface area contributed by atoms with Crippen LogP contribution >= 0.6 is 0 Å². The number of anilines is 1. The Morgan fingerprint density at radius 3 is 2.72 bits per heavy atom. The van der Waals surface area contributed by atoms with Crippen molar-refractivity contribution in [1.29, 1.82) is 0 Å². The Balaban J connectivity index is 2.28. The van der Waals surface area contributed by atoms with E-state index in [9.17, 15) is 5.11 Å². The van der Waals surface area contributed by atoms with Gasteiger partial charge in [0.2, 0.25) is 0 Å². The number of aryl methyl sites for hydroxylation is 2. The van der Waals surface area contributed by atoms with Crippen molar-refractivity contribution in [2.75, 3.05) is 18.0 Å². The van der Waals surface area contributed by atoms with Crippen molar-refractivity contribution in [3.63, 3.8) is 0 Å². The van der Waals surface area contributed by atoms with Gasteiger partial charge in [0.1, 0.15) is 0 Å². The van der Waals surface area contributed by atoms with E-state index in [-0.39, 0.29) is 11.5 Å². The van der Waals surface area contributed by atoms with Crippen LogP contribution in [-0.4, -0.2) is 24.3 Å². The molecule has 1 N–H and O–H groups in total. The maximum absolute atomic E-state index is 10.3. The maximum Gasteiger partial charge on any atom is 0.0766 e. The molecule has 0 aromatic heterocycles. The van der Waals surface area contributed by atoms with Crippen LogP contribution in [0.2, 0.25) is 0 Å². The molecular weight excluding hydrogens is 222 g/mol. The average Bonchev–Trinajstić information content (AvgIpc) is 2.33. The standard InChI is InChI=1S/C16H25NO/c1-5-13-8-6-7-12(2)15(13)17-10-9-16(3,4)14(18)11-17/h6-8,14,18H,5,9-11H2,1-4H3. The second-order valence-electron chi connectivity index (χ2n) is 6.14. The van der Waals surface area contributed by atoms with Gasteiger partial charge in [-0.3, -0.25) is 0 Å². The Morgan fingerprint density at radius 1 is 1.39 bits per heavy atom. The van der Waals surface area contributed by atoms with E-state index in [4.69, 9.17) is 0 Å². The summed E-state index contributed by atoms with van der Waals surface area (Å²) >= 11 is 0. The molecule has 1 aromatic rings. The van der Waals surface area contributed by atoms with Gasteiger partial charge in [-0.15, -0.1) is 0 Å². The summed E-state index contributed by atoms with van der Waals surface area (Å²) in [7, 11) is 0. The van der Waals surface area contributed by atoms with E-state index in [0.29, 0.717) is 0 Å². The molecular formula is C16H25NO. The molecule has 1 aromatic carbocycles. The van der Waals surface area contributed by atoms with Crippen molar-refractivity contribution in [2.24, 2.45) is 5.41 Å². The van der Waals surface area contributed by atoms with Gasteiger partial charge in [0.15, 0.2) is 0 Å². The van der Waals surface area contributed by atoms with Crippen LogP contribution in [0.25, 0.3) is 0 Å². The highest BCUT2D eigenvalue weighted by Gasteiger charge is 2.34. The lowest BCUT2D eigenvalue weighted by Crippen LogP contribution is -2.48. The zero-order valence-electron chi connectivity index (χ0n) is 12.0. The van der Waals surface area contributed by atoms with Crippen LogP contribution in [0.3, 0.4) is 0 Å². The third-order valence-electron chi connectivity index (χ3n) is 4.34. The summed E-state index contributed by atoms with van der Waals surface area (Å²) < 4.78 is 0. The highest BCUT2D eigenvalue weighted by atomic mass is 16.3. The Hall–Kier alpha value is -1.02. The maximum atomic E-state index is 10.3. The zero-order chi connectivity index (χ0) is 13.3. The molecule has 1 atom stereocenters. The van der Waals surface area contributed by atoms with Gasteiger partial charge >= 0.3 is 0 Å². The number of benzene rings is 1. The Labute approximate surface area is 111 Å². The van der Waals surface area contributed by atoms with Crippen LogP contribution in [0.5, 0.6) is 0 Å². The summed E-state index contributed by atoms with van der Waals surface area (Å²) in [4.78, 5) is 2.37. The first-order valence-corrected chi connectivity index (χ1v) is 6.97. The first-order chi connectivity index (χ1) is 8.45. The van der Waals surface area contributed by atoms with Crippen molar-refractivity contribution in [2.45, 2.75) is 46.6 Å². The molecule has 2 heteroatoms. The number of hydrogen-bond acceptors (Lipinski definition) is 2. The lowest BCUT2D eigenvalue weighted by atomic mass is 9.79. The normalized spacial score (nSPS) is 23.2. The molecule has 1 saturated heterocycles. The number of para-hydroxylation sites is 1. The van der Waals surface area contributed by atoms with Gasteiger partial charge in [-0.1, -0.05) is 39.0 Å². The van der Waals surface area contributed by atoms with E-state index < -0.39 is 0 Å². The van der Waals surface area contributed by atoms with Gasteiger partial charge in [-0.05, 0) is 36.3 Å². The predicted molar refractivity (Wildman–Crippen MR) is 77.2 cm³/mol. The second-order valence-corrected chi connectivity index (χ2v) is 6.14. The number of aliphatic hydroxyl groups excluding tert-OH is 1. The van der Waals surface area contributed by atoms with E-state index in [1.165, 1.54) is 16.8 Å². The monoisotopic (exact) mass is 247 g/mol. The molecule has 2 nitrogen and oxygen atoms in total. The third kappa shape index (κ3) is 2.39. The van der Waals surface area contributed by atoms with Gasteiger partial charge in [-0.25, -0.2) is 0 Å². The molecule has 0 spiro atoms. The highest BCUT2D eigenvalue weighted by Crippen LogP contribution is 2.35. The number of piperidine rings is 1. The van der Waals surface area contributed by atoms with Crippen LogP contribution in [-0.2, 0) is 6.42 Å². The van der Waals surface area contributed by atoms with Gasteiger partial charge in [0.25, 0.3) is 0 Å². The van der Waals surface area contributed by atoms with Crippen LogP contribution in [0.4, 0.5) is 5.69 Å². The molecule has 2 rings (SSSR count). The topological polar surface area (TPSA) is 23.5 Å².